The molecule has 2 aliphatic rings. The standard InChI is InChI=1S/C16H23N3O/c1-18(13-6-7-13)16(20)11-19-9-8-12-4-2-3-5-14(12)15(19)10-17/h2-5,13,15H,6-11,17H2,1H3. The van der Waals surface area contributed by atoms with E-state index >= 15 is 0 Å². The second-order valence-electron chi connectivity index (χ2n) is 5.91. The average Bonchev–Trinajstić information content (AvgIpc) is 3.30. The number of carbonyl (C=O) groups is 1. The van der Waals surface area contributed by atoms with Gasteiger partial charge in [-0.25, -0.2) is 0 Å². The third-order valence-electron chi connectivity index (χ3n) is 4.57. The topological polar surface area (TPSA) is 49.6 Å². The Labute approximate surface area is 120 Å². The first-order valence-electron chi connectivity index (χ1n) is 7.48. The van der Waals surface area contributed by atoms with E-state index in [4.69, 9.17) is 5.73 Å². The van der Waals surface area contributed by atoms with Crippen LogP contribution in [0.15, 0.2) is 24.3 Å². The number of carbonyl (C=O) groups excluding carboxylic acids is 1. The second-order valence-corrected chi connectivity index (χ2v) is 5.91. The molecule has 1 aromatic carbocycles. The minimum atomic E-state index is 0.177. The molecule has 1 atom stereocenters. The molecule has 0 spiro atoms. The minimum Gasteiger partial charge on any atom is -0.342 e. The van der Waals surface area contributed by atoms with Crippen molar-refractivity contribution in [1.29, 1.82) is 0 Å². The highest BCUT2D eigenvalue weighted by Crippen LogP contribution is 2.30. The van der Waals surface area contributed by atoms with Gasteiger partial charge in [0, 0.05) is 32.2 Å². The number of nitrogens with zero attached hydrogens (tertiary/aromatic N) is 2. The number of fused-ring (bicyclic) bond motifs is 1. The summed E-state index contributed by atoms with van der Waals surface area (Å²) in [5.41, 5.74) is 8.64. The summed E-state index contributed by atoms with van der Waals surface area (Å²) in [6.07, 6.45) is 3.32. The zero-order valence-electron chi connectivity index (χ0n) is 12.1. The lowest BCUT2D eigenvalue weighted by atomic mass is 9.92. The monoisotopic (exact) mass is 273 g/mol. The molecule has 0 radical (unpaired) electrons. The molecule has 1 amide bonds. The summed E-state index contributed by atoms with van der Waals surface area (Å²) >= 11 is 0. The summed E-state index contributed by atoms with van der Waals surface area (Å²) in [6.45, 7) is 1.98. The Kier molecular flexibility index (Phi) is 3.76. The van der Waals surface area contributed by atoms with Crippen molar-refractivity contribution >= 4 is 5.91 Å². The lowest BCUT2D eigenvalue weighted by molar-refractivity contribution is -0.132. The molecule has 3 rings (SSSR count). The van der Waals surface area contributed by atoms with E-state index in [0.29, 0.717) is 19.1 Å². The quantitative estimate of drug-likeness (QED) is 0.896. The fourth-order valence-corrected chi connectivity index (χ4v) is 3.12. The van der Waals surface area contributed by atoms with Crippen molar-refractivity contribution < 1.29 is 4.79 Å². The number of nitrogens with two attached hydrogens (primary N) is 1. The van der Waals surface area contributed by atoms with Crippen molar-refractivity contribution in [3.05, 3.63) is 35.4 Å². The number of likely N-dealkylation sites (N-methyl/N-ethyl adjacent to an activating group) is 1. The second kappa shape index (κ2) is 5.54. The van der Waals surface area contributed by atoms with Gasteiger partial charge in [-0.1, -0.05) is 24.3 Å². The van der Waals surface area contributed by atoms with Crippen molar-refractivity contribution in [3.63, 3.8) is 0 Å². The molecule has 1 unspecified atom stereocenters. The van der Waals surface area contributed by atoms with Gasteiger partial charge in [-0.2, -0.15) is 0 Å². The summed E-state index contributed by atoms with van der Waals surface area (Å²) < 4.78 is 0. The Morgan fingerprint density at radius 2 is 2.15 bits per heavy atom. The first-order chi connectivity index (χ1) is 9.70. The number of hydrogen-bond donors (Lipinski definition) is 1. The Bertz CT molecular complexity index is 498. The first kappa shape index (κ1) is 13.6. The van der Waals surface area contributed by atoms with Gasteiger partial charge in [-0.05, 0) is 30.4 Å². The highest BCUT2D eigenvalue weighted by Gasteiger charge is 2.32. The molecule has 1 saturated carbocycles. The van der Waals surface area contributed by atoms with Gasteiger partial charge in [0.25, 0.3) is 0 Å². The van der Waals surface area contributed by atoms with Crippen molar-refractivity contribution in [2.75, 3.05) is 26.7 Å². The van der Waals surface area contributed by atoms with Gasteiger partial charge in [0.1, 0.15) is 0 Å². The molecular formula is C16H23N3O. The summed E-state index contributed by atoms with van der Waals surface area (Å²) in [5, 5.41) is 0. The van der Waals surface area contributed by atoms with Crippen LogP contribution in [0.25, 0.3) is 0 Å². The predicted molar refractivity (Wildman–Crippen MR) is 79.3 cm³/mol. The molecule has 0 saturated heterocycles. The van der Waals surface area contributed by atoms with E-state index in [2.05, 4.69) is 29.2 Å². The Morgan fingerprint density at radius 1 is 1.40 bits per heavy atom. The van der Waals surface area contributed by atoms with Gasteiger partial charge in [0.05, 0.1) is 6.54 Å². The maximum Gasteiger partial charge on any atom is 0.236 e. The SMILES string of the molecule is CN(C(=O)CN1CCc2ccccc2C1CN)C1CC1. The zero-order chi connectivity index (χ0) is 14.1. The molecule has 1 heterocycles. The van der Waals surface area contributed by atoms with E-state index < -0.39 is 0 Å². The van der Waals surface area contributed by atoms with Crippen LogP contribution in [-0.4, -0.2) is 48.4 Å². The summed E-state index contributed by atoms with van der Waals surface area (Å²) in [4.78, 5) is 16.5. The van der Waals surface area contributed by atoms with Crippen molar-refractivity contribution in [2.45, 2.75) is 31.3 Å². The first-order valence-corrected chi connectivity index (χ1v) is 7.48. The van der Waals surface area contributed by atoms with Gasteiger partial charge in [0.2, 0.25) is 5.91 Å². The number of amides is 1. The van der Waals surface area contributed by atoms with E-state index in [1.165, 1.54) is 11.1 Å². The number of rotatable bonds is 4. The van der Waals surface area contributed by atoms with Crippen LogP contribution >= 0.6 is 0 Å². The largest absolute Gasteiger partial charge is 0.342 e. The molecule has 0 bridgehead atoms. The Morgan fingerprint density at radius 3 is 2.85 bits per heavy atom. The van der Waals surface area contributed by atoms with Gasteiger partial charge in [0.15, 0.2) is 0 Å². The average molecular weight is 273 g/mol. The highest BCUT2D eigenvalue weighted by atomic mass is 16.2. The van der Waals surface area contributed by atoms with Crippen LogP contribution in [0.5, 0.6) is 0 Å². The number of hydrogen-bond acceptors (Lipinski definition) is 3. The summed E-state index contributed by atoms with van der Waals surface area (Å²) in [7, 11) is 1.93. The van der Waals surface area contributed by atoms with Crippen LogP contribution in [0, 0.1) is 0 Å². The molecule has 4 heteroatoms. The highest BCUT2D eigenvalue weighted by molar-refractivity contribution is 5.78. The molecule has 20 heavy (non-hydrogen) atoms. The van der Waals surface area contributed by atoms with Crippen LogP contribution in [0.1, 0.15) is 30.0 Å². The zero-order valence-corrected chi connectivity index (χ0v) is 12.1. The molecule has 4 nitrogen and oxygen atoms in total. The lowest BCUT2D eigenvalue weighted by Gasteiger charge is -2.37. The van der Waals surface area contributed by atoms with Crippen LogP contribution in [0.2, 0.25) is 0 Å². The number of benzene rings is 1. The van der Waals surface area contributed by atoms with Crippen molar-refractivity contribution in [2.24, 2.45) is 5.73 Å². The lowest BCUT2D eigenvalue weighted by Crippen LogP contribution is -2.45. The molecule has 2 N–H and O–H groups in total. The molecule has 1 aromatic rings. The third-order valence-corrected chi connectivity index (χ3v) is 4.57. The molecule has 1 aliphatic carbocycles. The van der Waals surface area contributed by atoms with E-state index in [9.17, 15) is 4.79 Å². The van der Waals surface area contributed by atoms with Crippen LogP contribution in [0.4, 0.5) is 0 Å². The summed E-state index contributed by atoms with van der Waals surface area (Å²) in [6, 6.07) is 9.12. The normalized spacial score (nSPS) is 22.4. The molecule has 108 valence electrons. The maximum atomic E-state index is 12.3. The van der Waals surface area contributed by atoms with E-state index in [-0.39, 0.29) is 11.9 Å². The van der Waals surface area contributed by atoms with Crippen molar-refractivity contribution in [3.8, 4) is 0 Å². The van der Waals surface area contributed by atoms with Crippen LogP contribution in [-0.2, 0) is 11.2 Å². The predicted octanol–water partition coefficient (Wildman–Crippen LogP) is 1.17. The maximum absolute atomic E-state index is 12.3. The minimum absolute atomic E-state index is 0.177. The Balaban J connectivity index is 1.72. The van der Waals surface area contributed by atoms with Gasteiger partial charge in [-0.15, -0.1) is 0 Å². The van der Waals surface area contributed by atoms with Crippen LogP contribution < -0.4 is 5.73 Å². The van der Waals surface area contributed by atoms with E-state index in [1.807, 2.05) is 11.9 Å². The van der Waals surface area contributed by atoms with E-state index in [0.717, 1.165) is 25.8 Å². The fourth-order valence-electron chi connectivity index (χ4n) is 3.12. The molecule has 1 fully saturated rings. The van der Waals surface area contributed by atoms with Crippen LogP contribution in [0.3, 0.4) is 0 Å². The van der Waals surface area contributed by atoms with Gasteiger partial charge >= 0.3 is 0 Å². The van der Waals surface area contributed by atoms with Gasteiger partial charge in [-0.3, -0.25) is 9.69 Å². The third kappa shape index (κ3) is 2.58. The molecular weight excluding hydrogens is 250 g/mol. The van der Waals surface area contributed by atoms with E-state index in [1.54, 1.807) is 0 Å². The molecule has 0 aromatic heterocycles. The smallest absolute Gasteiger partial charge is 0.236 e. The molecule has 1 aliphatic heterocycles. The van der Waals surface area contributed by atoms with Gasteiger partial charge < -0.3 is 10.6 Å². The Hall–Kier alpha value is -1.39. The van der Waals surface area contributed by atoms with Crippen molar-refractivity contribution in [1.82, 2.24) is 9.80 Å². The fraction of sp³-hybridized carbons (Fsp3) is 0.562. The summed E-state index contributed by atoms with van der Waals surface area (Å²) in [5.74, 6) is 0.227.